The van der Waals surface area contributed by atoms with Gasteiger partial charge in [-0.05, 0) is 44.0 Å². The van der Waals surface area contributed by atoms with Gasteiger partial charge in [0, 0.05) is 23.4 Å². The average molecular weight is 719 g/mol. The van der Waals surface area contributed by atoms with Gasteiger partial charge in [-0.25, -0.2) is 9.48 Å². The lowest BCUT2D eigenvalue weighted by atomic mass is 9.87. The molecule has 1 aromatic heterocycles. The lowest BCUT2D eigenvalue weighted by Crippen LogP contribution is -2.66. The van der Waals surface area contributed by atoms with Crippen LogP contribution in [0.3, 0.4) is 0 Å². The van der Waals surface area contributed by atoms with Gasteiger partial charge in [0.05, 0.1) is 36.5 Å². The van der Waals surface area contributed by atoms with Gasteiger partial charge in [0.25, 0.3) is 10.1 Å². The second kappa shape index (κ2) is 16.1. The number of aryl methyl sites for hydroxylation is 1. The molecule has 2 heterocycles. The van der Waals surface area contributed by atoms with E-state index in [0.717, 1.165) is 55.8 Å². The molecular formula is C33H42N4O10S2. The Labute approximate surface area is 289 Å². The first-order valence-electron chi connectivity index (χ1n) is 16.1. The topological polar surface area (TPSA) is 199 Å². The van der Waals surface area contributed by atoms with Gasteiger partial charge in [0.15, 0.2) is 0 Å². The second-order valence-electron chi connectivity index (χ2n) is 12.4. The normalized spacial score (nSPS) is 24.6. The number of nitrogens with one attached hydrogen (secondary N) is 1. The monoisotopic (exact) mass is 718 g/mol. The number of esters is 1. The van der Waals surface area contributed by atoms with E-state index in [0.29, 0.717) is 4.90 Å². The molecule has 5 rings (SSSR count). The predicted molar refractivity (Wildman–Crippen MR) is 177 cm³/mol. The lowest BCUT2D eigenvalue weighted by molar-refractivity contribution is -0.206. The number of hydrogen-bond donors (Lipinski definition) is 4. The van der Waals surface area contributed by atoms with Crippen LogP contribution in [-0.4, -0.2) is 99.7 Å². The molecule has 2 aliphatic rings. The van der Waals surface area contributed by atoms with Crippen LogP contribution in [0.4, 0.5) is 0 Å². The van der Waals surface area contributed by atoms with Crippen LogP contribution >= 0.6 is 11.8 Å². The Balaban J connectivity index is 1.36. The van der Waals surface area contributed by atoms with E-state index in [1.165, 1.54) is 23.2 Å². The average Bonchev–Trinajstić information content (AvgIpc) is 3.57. The maximum atomic E-state index is 13.3. The summed E-state index contributed by atoms with van der Waals surface area (Å²) in [6.07, 6.45) is -0.273. The molecular weight excluding hydrogens is 677 g/mol. The van der Waals surface area contributed by atoms with Crippen molar-refractivity contribution >= 4 is 33.8 Å². The number of aliphatic hydroxyl groups is 3. The summed E-state index contributed by atoms with van der Waals surface area (Å²) in [6.45, 7) is 0.622. The zero-order valence-corrected chi connectivity index (χ0v) is 28.9. The summed E-state index contributed by atoms with van der Waals surface area (Å²) in [5, 5.41) is 44.9. The van der Waals surface area contributed by atoms with Crippen molar-refractivity contribution in [3.8, 4) is 0 Å². The molecule has 4 N–H and O–H groups in total. The quantitative estimate of drug-likeness (QED) is 0.148. The number of carbonyl (C=O) groups excluding carboxylic acids is 2. The Kier molecular flexibility index (Phi) is 12.1. The third-order valence-electron chi connectivity index (χ3n) is 8.74. The van der Waals surface area contributed by atoms with Crippen molar-refractivity contribution in [2.75, 3.05) is 13.7 Å². The second-order valence-corrected chi connectivity index (χ2v) is 15.3. The Morgan fingerprint density at radius 3 is 2.47 bits per heavy atom. The first-order valence-corrected chi connectivity index (χ1v) is 18.3. The van der Waals surface area contributed by atoms with Crippen LogP contribution in [0.5, 0.6) is 0 Å². The summed E-state index contributed by atoms with van der Waals surface area (Å²) in [5.41, 5.74) is 1.62. The van der Waals surface area contributed by atoms with Crippen LogP contribution in [0.15, 0.2) is 70.6 Å². The molecule has 2 fully saturated rings. The van der Waals surface area contributed by atoms with E-state index in [9.17, 15) is 33.3 Å². The number of rotatable bonds is 13. The maximum Gasteiger partial charge on any atom is 0.349 e. The molecule has 1 unspecified atom stereocenters. The summed E-state index contributed by atoms with van der Waals surface area (Å²) >= 11 is 0.925. The number of methoxy groups -OCH3 is 1. The zero-order chi connectivity index (χ0) is 35.2. The van der Waals surface area contributed by atoms with Gasteiger partial charge >= 0.3 is 5.97 Å². The predicted octanol–water partition coefficient (Wildman–Crippen LogP) is 2.06. The Morgan fingerprint density at radius 1 is 1.10 bits per heavy atom. The van der Waals surface area contributed by atoms with E-state index < -0.39 is 64.0 Å². The molecule has 266 valence electrons. The number of hydrogen-bond acceptors (Lipinski definition) is 13. The van der Waals surface area contributed by atoms with Gasteiger partial charge in [-0.1, -0.05) is 72.1 Å². The molecule has 1 amide bonds. The van der Waals surface area contributed by atoms with Crippen molar-refractivity contribution in [3.63, 3.8) is 0 Å². The third-order valence-corrected chi connectivity index (χ3v) is 11.3. The van der Waals surface area contributed by atoms with E-state index in [1.54, 1.807) is 55.6 Å². The van der Waals surface area contributed by atoms with Crippen molar-refractivity contribution in [2.45, 2.75) is 103 Å². The van der Waals surface area contributed by atoms with Gasteiger partial charge in [0.1, 0.15) is 24.9 Å². The van der Waals surface area contributed by atoms with Gasteiger partial charge in [-0.2, -0.15) is 8.42 Å². The smallest absolute Gasteiger partial charge is 0.349 e. The molecule has 6 atom stereocenters. The molecule has 16 heteroatoms. The van der Waals surface area contributed by atoms with E-state index in [4.69, 9.17) is 13.7 Å². The lowest BCUT2D eigenvalue weighted by Gasteiger charge is -2.47. The van der Waals surface area contributed by atoms with Crippen molar-refractivity contribution in [1.29, 1.82) is 0 Å². The minimum absolute atomic E-state index is 0.155. The van der Waals surface area contributed by atoms with E-state index in [1.807, 2.05) is 0 Å². The molecule has 14 nitrogen and oxygen atoms in total. The van der Waals surface area contributed by atoms with Gasteiger partial charge in [-0.15, -0.1) is 5.10 Å². The van der Waals surface area contributed by atoms with Crippen molar-refractivity contribution in [2.24, 2.45) is 0 Å². The fourth-order valence-corrected chi connectivity index (χ4v) is 8.28. The fourth-order valence-electron chi connectivity index (χ4n) is 6.10. The highest BCUT2D eigenvalue weighted by Gasteiger charge is 2.56. The summed E-state index contributed by atoms with van der Waals surface area (Å²) in [5.74, 6) is -1.22. The van der Waals surface area contributed by atoms with Crippen molar-refractivity contribution in [1.82, 2.24) is 20.3 Å². The van der Waals surface area contributed by atoms with Crippen LogP contribution < -0.4 is 5.32 Å². The van der Waals surface area contributed by atoms with Crippen LogP contribution in [0.1, 0.15) is 55.7 Å². The molecule has 1 saturated carbocycles. The molecule has 49 heavy (non-hydrogen) atoms. The first kappa shape index (κ1) is 36.9. The van der Waals surface area contributed by atoms with E-state index in [-0.39, 0.29) is 23.8 Å². The third kappa shape index (κ3) is 9.05. The highest BCUT2D eigenvalue weighted by atomic mass is 32.2. The Hall–Kier alpha value is -3.38. The number of nitrogens with zero attached hydrogens (tertiary/aromatic N) is 3. The molecule has 2 aromatic carbocycles. The highest BCUT2D eigenvalue weighted by molar-refractivity contribution is 8.01. The number of aliphatic hydroxyl groups excluding tert-OH is 3. The zero-order valence-electron chi connectivity index (χ0n) is 27.3. The first-order chi connectivity index (χ1) is 23.4. The summed E-state index contributed by atoms with van der Waals surface area (Å²) in [4.78, 5) is 25.1. The number of carbonyl (C=O) groups is 2. The molecule has 1 aliphatic heterocycles. The molecule has 0 bridgehead atoms. The molecule has 1 saturated heterocycles. The largest absolute Gasteiger partial charge is 0.466 e. The SMILES string of the molecule is COC(=O)C1(Sc2ccccc2)C[C@H](O)[C@@H](NC(=O)Cn2cc(C3CCCCC3)nn2)[C@H]([C@H](O)[C@H](O)COS(=O)(=O)c2ccc(C)cc2)O1. The Bertz CT molecular complexity index is 1670. The van der Waals surface area contributed by atoms with Gasteiger partial charge in [-0.3, -0.25) is 8.98 Å². The Morgan fingerprint density at radius 2 is 1.80 bits per heavy atom. The molecule has 0 radical (unpaired) electrons. The van der Waals surface area contributed by atoms with E-state index in [2.05, 4.69) is 15.6 Å². The molecule has 0 spiro atoms. The number of ether oxygens (including phenoxy) is 2. The minimum Gasteiger partial charge on any atom is -0.466 e. The number of benzene rings is 2. The molecule has 3 aromatic rings. The molecule has 1 aliphatic carbocycles. The number of aromatic nitrogens is 3. The van der Waals surface area contributed by atoms with Gasteiger partial charge in [0.2, 0.25) is 10.8 Å². The maximum absolute atomic E-state index is 13.3. The van der Waals surface area contributed by atoms with Gasteiger partial charge < -0.3 is 30.1 Å². The summed E-state index contributed by atoms with van der Waals surface area (Å²) in [7, 11) is -3.18. The van der Waals surface area contributed by atoms with E-state index >= 15 is 0 Å². The number of amides is 1. The highest BCUT2D eigenvalue weighted by Crippen LogP contribution is 2.44. The van der Waals surface area contributed by atoms with Crippen LogP contribution in [0.2, 0.25) is 0 Å². The summed E-state index contributed by atoms with van der Waals surface area (Å²) < 4.78 is 43.3. The number of thioether (sulfide) groups is 1. The standard InChI is InChI=1S/C33H42N4O10S2/c1-21-13-15-24(16-14-21)49(43,44)46-20-27(39)30(41)31-29(34-28(40)19-37-18-25(35-36-37)22-9-5-3-6-10-22)26(38)17-33(47-31,32(42)45-2)48-23-11-7-4-8-12-23/h4,7-8,11-16,18,22,26-27,29-31,38-39,41H,3,5-6,9-10,17,19-20H2,1-2H3,(H,34,40)/t26-,27+,29+,30+,31+,33?/m0/s1. The summed E-state index contributed by atoms with van der Waals surface area (Å²) in [6, 6.07) is 13.2. The van der Waals surface area contributed by atoms with Crippen molar-refractivity contribution < 1.29 is 47.0 Å². The van der Waals surface area contributed by atoms with Crippen LogP contribution in [-0.2, 0) is 39.9 Å². The van der Waals surface area contributed by atoms with Crippen molar-refractivity contribution in [3.05, 3.63) is 72.1 Å². The fraction of sp³-hybridized carbons (Fsp3) is 0.515. The van der Waals surface area contributed by atoms with Crippen LogP contribution in [0, 0.1) is 6.92 Å². The minimum atomic E-state index is -4.33. The van der Waals surface area contributed by atoms with Crippen LogP contribution in [0.25, 0.3) is 0 Å².